The highest BCUT2D eigenvalue weighted by Crippen LogP contribution is 2.54. The predicted octanol–water partition coefficient (Wildman–Crippen LogP) is 4.11. The molecule has 1 aliphatic carbocycles. The molecule has 1 atom stereocenters. The Labute approximate surface area is 99.0 Å². The second-order valence-electron chi connectivity index (χ2n) is 3.66. The van der Waals surface area contributed by atoms with Gasteiger partial charge in [0.15, 0.2) is 0 Å². The third kappa shape index (κ3) is 2.82. The van der Waals surface area contributed by atoms with E-state index in [0.29, 0.717) is 5.92 Å². The van der Waals surface area contributed by atoms with Crippen LogP contribution in [0.2, 0.25) is 0 Å². The van der Waals surface area contributed by atoms with E-state index in [0.717, 1.165) is 17.9 Å². The van der Waals surface area contributed by atoms with Crippen molar-refractivity contribution in [1.82, 2.24) is 0 Å². The third-order valence-electron chi connectivity index (χ3n) is 2.39. The largest absolute Gasteiger partial charge is 0.157 e. The second-order valence-corrected chi connectivity index (χ2v) is 6.24. The molecule has 0 radical (unpaired) electrons. The maximum Gasteiger partial charge on any atom is 0.122 e. The van der Waals surface area contributed by atoms with Gasteiger partial charge in [-0.05, 0) is 17.7 Å². The van der Waals surface area contributed by atoms with Crippen molar-refractivity contribution < 1.29 is 0 Å². The molecule has 0 aromatic heterocycles. The Kier molecular flexibility index (Phi) is 3.30. The van der Waals surface area contributed by atoms with Crippen LogP contribution >= 0.6 is 35.0 Å². The summed E-state index contributed by atoms with van der Waals surface area (Å²) in [6.07, 6.45) is 0.956. The first-order chi connectivity index (χ1) is 6.68. The van der Waals surface area contributed by atoms with Crippen molar-refractivity contribution in [3.63, 3.8) is 0 Å². The van der Waals surface area contributed by atoms with Gasteiger partial charge < -0.3 is 0 Å². The van der Waals surface area contributed by atoms with Gasteiger partial charge in [0, 0.05) is 11.7 Å². The molecule has 0 saturated heterocycles. The Bertz CT molecular complexity index is 297. The maximum atomic E-state index is 5.94. The zero-order chi connectivity index (χ0) is 10.0. The molecule has 0 aliphatic heterocycles. The molecule has 0 N–H and O–H groups in total. The number of alkyl halides is 2. The summed E-state index contributed by atoms with van der Waals surface area (Å²) in [5.41, 5.74) is 1.37. The van der Waals surface area contributed by atoms with Crippen LogP contribution in [-0.2, 0) is 5.75 Å². The lowest BCUT2D eigenvalue weighted by atomic mass is 10.2. The van der Waals surface area contributed by atoms with Gasteiger partial charge in [-0.25, -0.2) is 0 Å². The fourth-order valence-electron chi connectivity index (χ4n) is 1.34. The monoisotopic (exact) mass is 246 g/mol. The smallest absolute Gasteiger partial charge is 0.122 e. The molecule has 1 aliphatic rings. The summed E-state index contributed by atoms with van der Waals surface area (Å²) in [6.45, 7) is 0. The van der Waals surface area contributed by atoms with E-state index >= 15 is 0 Å². The lowest BCUT2D eigenvalue weighted by molar-refractivity contribution is 0.979. The Morgan fingerprint density at radius 3 is 2.50 bits per heavy atom. The summed E-state index contributed by atoms with van der Waals surface area (Å²) in [6, 6.07) is 10.5. The highest BCUT2D eigenvalue weighted by molar-refractivity contribution is 7.98. The van der Waals surface area contributed by atoms with Gasteiger partial charge in [0.25, 0.3) is 0 Å². The SMILES string of the molecule is ClC1(Cl)C[C@H]1CSCc1ccccc1. The van der Waals surface area contributed by atoms with Crippen LogP contribution in [0.3, 0.4) is 0 Å². The Balaban J connectivity index is 1.69. The molecule has 0 amide bonds. The van der Waals surface area contributed by atoms with E-state index < -0.39 is 4.33 Å². The van der Waals surface area contributed by atoms with E-state index in [9.17, 15) is 0 Å². The van der Waals surface area contributed by atoms with Crippen LogP contribution in [0.5, 0.6) is 0 Å². The van der Waals surface area contributed by atoms with Gasteiger partial charge in [0.1, 0.15) is 4.33 Å². The normalized spacial score (nSPS) is 23.4. The van der Waals surface area contributed by atoms with Crippen molar-refractivity contribution in [2.24, 2.45) is 5.92 Å². The molecule has 14 heavy (non-hydrogen) atoms. The Morgan fingerprint density at radius 1 is 1.29 bits per heavy atom. The van der Waals surface area contributed by atoms with Gasteiger partial charge in [-0.1, -0.05) is 30.3 Å². The van der Waals surface area contributed by atoms with Crippen LogP contribution in [0.15, 0.2) is 30.3 Å². The van der Waals surface area contributed by atoms with Crippen LogP contribution in [0, 0.1) is 5.92 Å². The minimum atomic E-state index is -0.413. The lowest BCUT2D eigenvalue weighted by Crippen LogP contribution is -1.93. The molecule has 2 rings (SSSR count). The number of benzene rings is 1. The highest BCUT2D eigenvalue weighted by atomic mass is 35.5. The second kappa shape index (κ2) is 4.34. The summed E-state index contributed by atoms with van der Waals surface area (Å²) in [5, 5.41) is 0. The quantitative estimate of drug-likeness (QED) is 0.721. The van der Waals surface area contributed by atoms with Crippen molar-refractivity contribution in [3.8, 4) is 0 Å². The summed E-state index contributed by atoms with van der Waals surface area (Å²) < 4.78 is -0.413. The average molecular weight is 247 g/mol. The number of halogens is 2. The first-order valence-electron chi connectivity index (χ1n) is 4.68. The molecule has 0 nitrogen and oxygen atoms in total. The summed E-state index contributed by atoms with van der Waals surface area (Å²) >= 11 is 13.8. The molecule has 0 bridgehead atoms. The van der Waals surface area contributed by atoms with E-state index in [-0.39, 0.29) is 0 Å². The van der Waals surface area contributed by atoms with Crippen molar-refractivity contribution >= 4 is 35.0 Å². The summed E-state index contributed by atoms with van der Waals surface area (Å²) in [7, 11) is 0. The van der Waals surface area contributed by atoms with Crippen LogP contribution in [0.25, 0.3) is 0 Å². The van der Waals surface area contributed by atoms with Crippen molar-refractivity contribution in [3.05, 3.63) is 35.9 Å². The maximum absolute atomic E-state index is 5.94. The third-order valence-corrected chi connectivity index (χ3v) is 4.49. The van der Waals surface area contributed by atoms with Gasteiger partial charge in [-0.15, -0.1) is 23.2 Å². The zero-order valence-corrected chi connectivity index (χ0v) is 10.1. The Morgan fingerprint density at radius 2 is 1.93 bits per heavy atom. The first-order valence-corrected chi connectivity index (χ1v) is 6.59. The molecule has 1 fully saturated rings. The van der Waals surface area contributed by atoms with Crippen molar-refractivity contribution in [1.29, 1.82) is 0 Å². The fourth-order valence-corrected chi connectivity index (χ4v) is 3.29. The molecule has 1 aromatic rings. The number of rotatable bonds is 4. The van der Waals surface area contributed by atoms with E-state index in [1.165, 1.54) is 5.56 Å². The van der Waals surface area contributed by atoms with Crippen LogP contribution in [0.1, 0.15) is 12.0 Å². The molecule has 0 unspecified atom stereocenters. The van der Waals surface area contributed by atoms with Gasteiger partial charge in [0.2, 0.25) is 0 Å². The summed E-state index contributed by atoms with van der Waals surface area (Å²) in [4.78, 5) is 0. The van der Waals surface area contributed by atoms with Crippen LogP contribution in [0.4, 0.5) is 0 Å². The molecule has 1 saturated carbocycles. The summed E-state index contributed by atoms with van der Waals surface area (Å²) in [5.74, 6) is 2.63. The van der Waals surface area contributed by atoms with E-state index in [2.05, 4.69) is 24.3 Å². The molecule has 0 heterocycles. The predicted molar refractivity (Wildman–Crippen MR) is 65.1 cm³/mol. The minimum Gasteiger partial charge on any atom is -0.157 e. The van der Waals surface area contributed by atoms with Crippen LogP contribution in [-0.4, -0.2) is 10.1 Å². The topological polar surface area (TPSA) is 0 Å². The van der Waals surface area contributed by atoms with Gasteiger partial charge in [-0.3, -0.25) is 0 Å². The molecule has 1 aromatic carbocycles. The fraction of sp³-hybridized carbons (Fsp3) is 0.455. The molecular formula is C11H12Cl2S. The lowest BCUT2D eigenvalue weighted by Gasteiger charge is -2.01. The molecule has 3 heteroatoms. The number of hydrogen-bond donors (Lipinski definition) is 0. The molecule has 76 valence electrons. The minimum absolute atomic E-state index is 0.413. The first kappa shape index (κ1) is 10.7. The van der Waals surface area contributed by atoms with Crippen molar-refractivity contribution in [2.45, 2.75) is 16.5 Å². The highest BCUT2D eigenvalue weighted by Gasteiger charge is 2.50. The molecule has 0 spiro atoms. The van der Waals surface area contributed by atoms with Crippen LogP contribution < -0.4 is 0 Å². The van der Waals surface area contributed by atoms with E-state index in [4.69, 9.17) is 23.2 Å². The van der Waals surface area contributed by atoms with Gasteiger partial charge in [0.05, 0.1) is 0 Å². The number of thioether (sulfide) groups is 1. The van der Waals surface area contributed by atoms with Gasteiger partial charge in [-0.2, -0.15) is 11.8 Å². The standard InChI is InChI=1S/C11H12Cl2S/c12-11(13)6-10(11)8-14-7-9-4-2-1-3-5-9/h1-5,10H,6-8H2/t10-/m0/s1. The number of hydrogen-bond acceptors (Lipinski definition) is 1. The molecular weight excluding hydrogens is 235 g/mol. The Hall–Kier alpha value is 0.150. The van der Waals surface area contributed by atoms with Crippen molar-refractivity contribution in [2.75, 3.05) is 5.75 Å². The van der Waals surface area contributed by atoms with Gasteiger partial charge >= 0.3 is 0 Å². The van der Waals surface area contributed by atoms with E-state index in [1.807, 2.05) is 17.8 Å². The van der Waals surface area contributed by atoms with E-state index in [1.54, 1.807) is 0 Å². The average Bonchev–Trinajstić information content (AvgIpc) is 2.76. The zero-order valence-electron chi connectivity index (χ0n) is 7.75.